The molecular formula is C26H38N6O. The van der Waals surface area contributed by atoms with Crippen LogP contribution in [0.2, 0.25) is 0 Å². The van der Waals surface area contributed by atoms with Gasteiger partial charge in [-0.25, -0.2) is 9.97 Å². The van der Waals surface area contributed by atoms with E-state index in [4.69, 9.17) is 0 Å². The lowest BCUT2D eigenvalue weighted by Crippen LogP contribution is -2.48. The monoisotopic (exact) mass is 450 g/mol. The summed E-state index contributed by atoms with van der Waals surface area (Å²) in [7, 11) is 0. The second-order valence-electron chi connectivity index (χ2n) is 9.36. The standard InChI is InChI=1S/C26H38N6O/c1-3-12-27-24-19-25(29-20-28-24)31-13-10-22(11-14-31)6-9-26(33)32-17-15-30(16-18-32)23-7-4-21(2)5-8-23/h4-5,7-8,19-20,22H,3,6,9-18H2,1-2H3,(H,27,28,29). The number of anilines is 3. The summed E-state index contributed by atoms with van der Waals surface area (Å²) in [6.07, 6.45) is 6.64. The van der Waals surface area contributed by atoms with Crippen LogP contribution in [0.1, 0.15) is 44.6 Å². The van der Waals surface area contributed by atoms with Crippen molar-refractivity contribution >= 4 is 23.2 Å². The van der Waals surface area contributed by atoms with Crippen LogP contribution >= 0.6 is 0 Å². The molecule has 0 spiro atoms. The van der Waals surface area contributed by atoms with Gasteiger partial charge in [0.25, 0.3) is 0 Å². The van der Waals surface area contributed by atoms with Gasteiger partial charge in [0.05, 0.1) is 0 Å². The molecule has 2 aliphatic heterocycles. The Kier molecular flexibility index (Phi) is 8.02. The summed E-state index contributed by atoms with van der Waals surface area (Å²) in [5.41, 5.74) is 2.54. The normalized spacial score (nSPS) is 17.3. The molecule has 7 heteroatoms. The van der Waals surface area contributed by atoms with Gasteiger partial charge in [-0.3, -0.25) is 4.79 Å². The number of piperazine rings is 1. The number of carbonyl (C=O) groups excluding carboxylic acids is 1. The number of amides is 1. The third-order valence-electron chi connectivity index (χ3n) is 6.95. The average molecular weight is 451 g/mol. The molecule has 178 valence electrons. The molecule has 2 fully saturated rings. The Balaban J connectivity index is 1.17. The third-order valence-corrected chi connectivity index (χ3v) is 6.95. The Labute approximate surface area is 198 Å². The Morgan fingerprint density at radius 1 is 1.00 bits per heavy atom. The first kappa shape index (κ1) is 23.3. The predicted molar refractivity (Wildman–Crippen MR) is 135 cm³/mol. The van der Waals surface area contributed by atoms with Crippen LogP contribution in [0.3, 0.4) is 0 Å². The molecule has 0 radical (unpaired) electrons. The lowest BCUT2D eigenvalue weighted by atomic mass is 9.92. The first-order valence-electron chi connectivity index (χ1n) is 12.5. The van der Waals surface area contributed by atoms with Crippen LogP contribution in [-0.2, 0) is 4.79 Å². The summed E-state index contributed by atoms with van der Waals surface area (Å²) in [6.45, 7) is 10.7. The van der Waals surface area contributed by atoms with Crippen LogP contribution < -0.4 is 15.1 Å². The molecule has 0 unspecified atom stereocenters. The van der Waals surface area contributed by atoms with E-state index in [-0.39, 0.29) is 0 Å². The number of benzene rings is 1. The number of carbonyl (C=O) groups is 1. The molecule has 0 saturated carbocycles. The fourth-order valence-corrected chi connectivity index (χ4v) is 4.78. The lowest BCUT2D eigenvalue weighted by Gasteiger charge is -2.37. The van der Waals surface area contributed by atoms with E-state index < -0.39 is 0 Å². The number of rotatable bonds is 8. The smallest absolute Gasteiger partial charge is 0.222 e. The van der Waals surface area contributed by atoms with Crippen LogP contribution in [0.15, 0.2) is 36.7 Å². The van der Waals surface area contributed by atoms with E-state index in [1.807, 2.05) is 0 Å². The summed E-state index contributed by atoms with van der Waals surface area (Å²) in [4.78, 5) is 28.4. The number of hydrogen-bond acceptors (Lipinski definition) is 6. The molecular weight excluding hydrogens is 412 g/mol. The zero-order chi connectivity index (χ0) is 23.0. The van der Waals surface area contributed by atoms with Crippen molar-refractivity contribution in [1.29, 1.82) is 0 Å². The van der Waals surface area contributed by atoms with E-state index in [0.29, 0.717) is 18.2 Å². The van der Waals surface area contributed by atoms with Gasteiger partial charge in [-0.15, -0.1) is 0 Å². The first-order chi connectivity index (χ1) is 16.1. The van der Waals surface area contributed by atoms with E-state index >= 15 is 0 Å². The van der Waals surface area contributed by atoms with Gasteiger partial charge in [-0.1, -0.05) is 24.6 Å². The molecule has 0 bridgehead atoms. The van der Waals surface area contributed by atoms with Crippen LogP contribution in [0.25, 0.3) is 0 Å². The Hall–Kier alpha value is -2.83. The van der Waals surface area contributed by atoms with Crippen molar-refractivity contribution in [2.45, 2.75) is 46.0 Å². The van der Waals surface area contributed by atoms with Gasteiger partial charge in [0.2, 0.25) is 5.91 Å². The minimum absolute atomic E-state index is 0.323. The molecule has 2 aromatic rings. The molecule has 1 amide bonds. The largest absolute Gasteiger partial charge is 0.370 e. The molecule has 1 aromatic heterocycles. The van der Waals surface area contributed by atoms with Gasteiger partial charge in [0.15, 0.2) is 0 Å². The first-order valence-corrected chi connectivity index (χ1v) is 12.5. The van der Waals surface area contributed by atoms with E-state index in [0.717, 1.165) is 83.1 Å². The number of hydrogen-bond donors (Lipinski definition) is 1. The van der Waals surface area contributed by atoms with Crippen LogP contribution in [0.4, 0.5) is 17.3 Å². The highest BCUT2D eigenvalue weighted by molar-refractivity contribution is 5.76. The highest BCUT2D eigenvalue weighted by atomic mass is 16.2. The molecule has 2 saturated heterocycles. The Morgan fingerprint density at radius 2 is 1.73 bits per heavy atom. The Bertz CT molecular complexity index is 886. The summed E-state index contributed by atoms with van der Waals surface area (Å²) in [5.74, 6) is 2.85. The summed E-state index contributed by atoms with van der Waals surface area (Å²) in [6, 6.07) is 10.7. The molecule has 2 aliphatic rings. The van der Waals surface area contributed by atoms with Crippen molar-refractivity contribution < 1.29 is 4.79 Å². The van der Waals surface area contributed by atoms with Crippen molar-refractivity contribution in [3.63, 3.8) is 0 Å². The van der Waals surface area contributed by atoms with Gasteiger partial charge in [-0.05, 0) is 50.7 Å². The zero-order valence-electron chi connectivity index (χ0n) is 20.2. The van der Waals surface area contributed by atoms with Crippen molar-refractivity contribution in [2.24, 2.45) is 5.92 Å². The summed E-state index contributed by atoms with van der Waals surface area (Å²) < 4.78 is 0. The van der Waals surface area contributed by atoms with Gasteiger partial charge in [-0.2, -0.15) is 0 Å². The minimum Gasteiger partial charge on any atom is -0.370 e. The minimum atomic E-state index is 0.323. The van der Waals surface area contributed by atoms with E-state index in [1.165, 1.54) is 11.3 Å². The second kappa shape index (κ2) is 11.3. The molecule has 33 heavy (non-hydrogen) atoms. The van der Waals surface area contributed by atoms with Gasteiger partial charge >= 0.3 is 0 Å². The van der Waals surface area contributed by atoms with Crippen LogP contribution in [0, 0.1) is 12.8 Å². The fraction of sp³-hybridized carbons (Fsp3) is 0.577. The number of piperidine rings is 1. The second-order valence-corrected chi connectivity index (χ2v) is 9.36. The van der Waals surface area contributed by atoms with E-state index in [1.54, 1.807) is 6.33 Å². The quantitative estimate of drug-likeness (QED) is 0.657. The molecule has 1 N–H and O–H groups in total. The topological polar surface area (TPSA) is 64.6 Å². The number of nitrogens with zero attached hydrogens (tertiary/aromatic N) is 5. The van der Waals surface area contributed by atoms with Crippen LogP contribution in [0.5, 0.6) is 0 Å². The molecule has 4 rings (SSSR count). The molecule has 7 nitrogen and oxygen atoms in total. The molecule has 0 aliphatic carbocycles. The maximum Gasteiger partial charge on any atom is 0.222 e. The maximum atomic E-state index is 12.8. The SMILES string of the molecule is CCCNc1cc(N2CCC(CCC(=O)N3CCN(c4ccc(C)cc4)CC3)CC2)ncn1. The molecule has 0 atom stereocenters. The maximum absolute atomic E-state index is 12.8. The third kappa shape index (κ3) is 6.36. The van der Waals surface area contributed by atoms with E-state index in [9.17, 15) is 4.79 Å². The summed E-state index contributed by atoms with van der Waals surface area (Å²) in [5, 5.41) is 3.34. The number of nitrogens with one attached hydrogen (secondary N) is 1. The van der Waals surface area contributed by atoms with Crippen molar-refractivity contribution in [1.82, 2.24) is 14.9 Å². The average Bonchev–Trinajstić information content (AvgIpc) is 2.87. The van der Waals surface area contributed by atoms with Crippen molar-refractivity contribution in [3.8, 4) is 0 Å². The van der Waals surface area contributed by atoms with Crippen molar-refractivity contribution in [2.75, 3.05) is 60.9 Å². The number of aryl methyl sites for hydroxylation is 1. The van der Waals surface area contributed by atoms with Gasteiger partial charge in [0.1, 0.15) is 18.0 Å². The van der Waals surface area contributed by atoms with E-state index in [2.05, 4.69) is 74.2 Å². The molecule has 1 aromatic carbocycles. The molecule has 3 heterocycles. The highest BCUT2D eigenvalue weighted by Gasteiger charge is 2.24. The summed E-state index contributed by atoms with van der Waals surface area (Å²) >= 11 is 0. The van der Waals surface area contributed by atoms with Crippen molar-refractivity contribution in [3.05, 3.63) is 42.2 Å². The highest BCUT2D eigenvalue weighted by Crippen LogP contribution is 2.26. The Morgan fingerprint density at radius 3 is 2.42 bits per heavy atom. The van der Waals surface area contributed by atoms with Gasteiger partial charge in [0, 0.05) is 64.0 Å². The van der Waals surface area contributed by atoms with Gasteiger partial charge < -0.3 is 20.0 Å². The predicted octanol–water partition coefficient (Wildman–Crippen LogP) is 3.95. The van der Waals surface area contributed by atoms with Crippen LogP contribution in [-0.4, -0.2) is 66.6 Å². The fourth-order valence-electron chi connectivity index (χ4n) is 4.78. The zero-order valence-corrected chi connectivity index (χ0v) is 20.2. The number of aromatic nitrogens is 2. The lowest BCUT2D eigenvalue weighted by molar-refractivity contribution is -0.131.